The Balaban J connectivity index is 1.28. The van der Waals surface area contributed by atoms with Gasteiger partial charge in [-0.25, -0.2) is 0 Å². The first-order chi connectivity index (χ1) is 13.0. The molecule has 2 aliphatic heterocycles. The van der Waals surface area contributed by atoms with Crippen LogP contribution in [-0.4, -0.2) is 45.9 Å². The Hall–Kier alpha value is -2.50. The van der Waals surface area contributed by atoms with Crippen LogP contribution in [-0.2, 0) is 17.8 Å². The number of nitrogens with zero attached hydrogens (tertiary/aromatic N) is 3. The summed E-state index contributed by atoms with van der Waals surface area (Å²) >= 11 is 0. The highest BCUT2D eigenvalue weighted by Gasteiger charge is 2.32. The molecule has 1 aromatic heterocycles. The number of aromatic nitrogens is 2. The van der Waals surface area contributed by atoms with E-state index in [1.165, 1.54) is 0 Å². The minimum atomic E-state index is -0.220. The van der Waals surface area contributed by atoms with Gasteiger partial charge < -0.3 is 14.4 Å². The van der Waals surface area contributed by atoms with E-state index >= 15 is 0 Å². The Kier molecular flexibility index (Phi) is 4.81. The average molecular weight is 369 g/mol. The SMILES string of the molecule is CC1(C)Cc2cccc(OCC(=O)N3CCC(Cn4cccn4)CC3)c2O1. The van der Waals surface area contributed by atoms with Crippen LogP contribution >= 0.6 is 0 Å². The summed E-state index contributed by atoms with van der Waals surface area (Å²) in [5.41, 5.74) is 0.923. The van der Waals surface area contributed by atoms with Gasteiger partial charge in [0.25, 0.3) is 5.91 Å². The molecule has 27 heavy (non-hydrogen) atoms. The van der Waals surface area contributed by atoms with Gasteiger partial charge in [-0.15, -0.1) is 0 Å². The third-order valence-corrected chi connectivity index (χ3v) is 5.38. The molecule has 0 bridgehead atoms. The summed E-state index contributed by atoms with van der Waals surface area (Å²) in [5.74, 6) is 2.07. The number of amides is 1. The standard InChI is InChI=1S/C21H27N3O3/c1-21(2)13-17-5-3-6-18(20(17)27-21)26-15-19(25)23-11-7-16(8-12-23)14-24-10-4-9-22-24/h3-6,9-10,16H,7-8,11-15H2,1-2H3. The summed E-state index contributed by atoms with van der Waals surface area (Å²) in [6.45, 7) is 6.68. The number of benzene rings is 1. The molecule has 1 amide bonds. The monoisotopic (exact) mass is 369 g/mol. The van der Waals surface area contributed by atoms with Gasteiger partial charge in [0.1, 0.15) is 5.60 Å². The molecule has 0 aliphatic carbocycles. The zero-order chi connectivity index (χ0) is 18.9. The Morgan fingerprint density at radius 1 is 1.30 bits per heavy atom. The summed E-state index contributed by atoms with van der Waals surface area (Å²) < 4.78 is 13.8. The second-order valence-corrected chi connectivity index (χ2v) is 8.12. The number of fused-ring (bicyclic) bond motifs is 1. The summed E-state index contributed by atoms with van der Waals surface area (Å²) in [4.78, 5) is 14.5. The van der Waals surface area contributed by atoms with E-state index in [-0.39, 0.29) is 18.1 Å². The van der Waals surface area contributed by atoms with Crippen molar-refractivity contribution in [3.8, 4) is 11.5 Å². The lowest BCUT2D eigenvalue weighted by molar-refractivity contribution is -0.134. The molecule has 0 unspecified atom stereocenters. The number of hydrogen-bond donors (Lipinski definition) is 0. The summed E-state index contributed by atoms with van der Waals surface area (Å²) in [5, 5.41) is 4.27. The van der Waals surface area contributed by atoms with Crippen molar-refractivity contribution in [1.29, 1.82) is 0 Å². The molecule has 2 aliphatic rings. The highest BCUT2D eigenvalue weighted by atomic mass is 16.5. The Morgan fingerprint density at radius 3 is 2.85 bits per heavy atom. The van der Waals surface area contributed by atoms with Crippen LogP contribution in [0.25, 0.3) is 0 Å². The van der Waals surface area contributed by atoms with Crippen molar-refractivity contribution in [2.24, 2.45) is 5.92 Å². The lowest BCUT2D eigenvalue weighted by atomic mass is 9.97. The maximum atomic E-state index is 12.6. The molecule has 1 fully saturated rings. The van der Waals surface area contributed by atoms with E-state index in [1.807, 2.05) is 34.0 Å². The molecule has 0 radical (unpaired) electrons. The fourth-order valence-electron chi connectivity index (χ4n) is 3.97. The van der Waals surface area contributed by atoms with Crippen LogP contribution in [0.2, 0.25) is 0 Å². The number of piperidine rings is 1. The van der Waals surface area contributed by atoms with Crippen LogP contribution in [0.5, 0.6) is 11.5 Å². The fourth-order valence-corrected chi connectivity index (χ4v) is 3.97. The molecule has 0 spiro atoms. The minimum absolute atomic E-state index is 0.0439. The molecule has 6 heteroatoms. The smallest absolute Gasteiger partial charge is 0.260 e. The zero-order valence-electron chi connectivity index (χ0n) is 16.1. The fraction of sp³-hybridized carbons (Fsp3) is 0.524. The predicted molar refractivity (Wildman–Crippen MR) is 102 cm³/mol. The van der Waals surface area contributed by atoms with Gasteiger partial charge in [0.15, 0.2) is 18.1 Å². The number of rotatable bonds is 5. The van der Waals surface area contributed by atoms with E-state index in [0.29, 0.717) is 11.7 Å². The van der Waals surface area contributed by atoms with E-state index in [4.69, 9.17) is 9.47 Å². The van der Waals surface area contributed by atoms with Gasteiger partial charge in [0.2, 0.25) is 0 Å². The zero-order valence-corrected chi connectivity index (χ0v) is 16.1. The molecule has 144 valence electrons. The van der Waals surface area contributed by atoms with E-state index < -0.39 is 0 Å². The Labute approximate surface area is 160 Å². The van der Waals surface area contributed by atoms with Crippen LogP contribution < -0.4 is 9.47 Å². The first kappa shape index (κ1) is 17.9. The van der Waals surface area contributed by atoms with E-state index in [1.54, 1.807) is 6.20 Å². The van der Waals surface area contributed by atoms with Gasteiger partial charge in [-0.3, -0.25) is 9.48 Å². The van der Waals surface area contributed by atoms with Crippen molar-refractivity contribution in [1.82, 2.24) is 14.7 Å². The van der Waals surface area contributed by atoms with Gasteiger partial charge in [0, 0.05) is 44.0 Å². The van der Waals surface area contributed by atoms with E-state index in [2.05, 4.69) is 25.0 Å². The molecule has 1 saturated heterocycles. The van der Waals surface area contributed by atoms with Crippen molar-refractivity contribution in [3.05, 3.63) is 42.2 Å². The van der Waals surface area contributed by atoms with Crippen molar-refractivity contribution >= 4 is 5.91 Å². The van der Waals surface area contributed by atoms with Crippen molar-refractivity contribution < 1.29 is 14.3 Å². The number of ether oxygens (including phenoxy) is 2. The molecular formula is C21H27N3O3. The largest absolute Gasteiger partial charge is 0.483 e. The third-order valence-electron chi connectivity index (χ3n) is 5.38. The van der Waals surface area contributed by atoms with Crippen LogP contribution in [0, 0.1) is 5.92 Å². The maximum Gasteiger partial charge on any atom is 0.260 e. The molecule has 0 N–H and O–H groups in total. The highest BCUT2D eigenvalue weighted by Crippen LogP contribution is 2.41. The molecular weight excluding hydrogens is 342 g/mol. The predicted octanol–water partition coefficient (Wildman–Crippen LogP) is 2.91. The highest BCUT2D eigenvalue weighted by molar-refractivity contribution is 5.78. The second kappa shape index (κ2) is 7.25. The van der Waals surface area contributed by atoms with Gasteiger partial charge in [-0.1, -0.05) is 12.1 Å². The van der Waals surface area contributed by atoms with Gasteiger partial charge >= 0.3 is 0 Å². The van der Waals surface area contributed by atoms with Gasteiger partial charge in [0.05, 0.1) is 0 Å². The number of likely N-dealkylation sites (tertiary alicyclic amines) is 1. The van der Waals surface area contributed by atoms with E-state index in [9.17, 15) is 4.79 Å². The molecule has 0 saturated carbocycles. The summed E-state index contributed by atoms with van der Waals surface area (Å²) in [6.07, 6.45) is 6.67. The second-order valence-electron chi connectivity index (χ2n) is 8.12. The molecule has 6 nitrogen and oxygen atoms in total. The first-order valence-corrected chi connectivity index (χ1v) is 9.69. The van der Waals surface area contributed by atoms with Gasteiger partial charge in [-0.2, -0.15) is 5.10 Å². The number of carbonyl (C=O) groups excluding carboxylic acids is 1. The lowest BCUT2D eigenvalue weighted by Gasteiger charge is -2.32. The summed E-state index contributed by atoms with van der Waals surface area (Å²) in [6, 6.07) is 7.85. The minimum Gasteiger partial charge on any atom is -0.483 e. The molecule has 1 aromatic carbocycles. The quantitative estimate of drug-likeness (QED) is 0.813. The van der Waals surface area contributed by atoms with Gasteiger partial charge in [-0.05, 0) is 44.7 Å². The Bertz CT molecular complexity index is 793. The number of para-hydroxylation sites is 1. The molecule has 4 rings (SSSR count). The first-order valence-electron chi connectivity index (χ1n) is 9.69. The molecule has 2 aromatic rings. The van der Waals surface area contributed by atoms with Crippen LogP contribution in [0.15, 0.2) is 36.7 Å². The third kappa shape index (κ3) is 4.10. The topological polar surface area (TPSA) is 56.6 Å². The molecule has 0 atom stereocenters. The lowest BCUT2D eigenvalue weighted by Crippen LogP contribution is -2.41. The Morgan fingerprint density at radius 2 is 2.11 bits per heavy atom. The van der Waals surface area contributed by atoms with Crippen molar-refractivity contribution in [2.75, 3.05) is 19.7 Å². The van der Waals surface area contributed by atoms with Crippen LogP contribution in [0.3, 0.4) is 0 Å². The number of carbonyl (C=O) groups is 1. The van der Waals surface area contributed by atoms with Crippen molar-refractivity contribution in [3.63, 3.8) is 0 Å². The van der Waals surface area contributed by atoms with E-state index in [0.717, 1.165) is 50.2 Å². The maximum absolute atomic E-state index is 12.6. The van der Waals surface area contributed by atoms with Crippen LogP contribution in [0.1, 0.15) is 32.3 Å². The average Bonchev–Trinajstić information content (AvgIpc) is 3.26. The normalized spacial score (nSPS) is 18.8. The number of hydrogen-bond acceptors (Lipinski definition) is 4. The summed E-state index contributed by atoms with van der Waals surface area (Å²) in [7, 11) is 0. The van der Waals surface area contributed by atoms with Crippen molar-refractivity contribution in [2.45, 2.75) is 45.3 Å². The molecule has 3 heterocycles. The van der Waals surface area contributed by atoms with Crippen LogP contribution in [0.4, 0.5) is 0 Å².